The lowest BCUT2D eigenvalue weighted by Gasteiger charge is -2.00. The average Bonchev–Trinajstić information content (AvgIpc) is 3.12. The molecule has 1 amide bonds. The molecule has 2 heterocycles. The number of aromatic nitrogens is 5. The zero-order chi connectivity index (χ0) is 16.2. The Labute approximate surface area is 130 Å². The number of rotatable bonds is 5. The van der Waals surface area contributed by atoms with Crippen LogP contribution in [0.25, 0.3) is 5.69 Å². The highest BCUT2D eigenvalue weighted by Gasteiger charge is 2.11. The second-order valence-electron chi connectivity index (χ2n) is 4.85. The molecule has 0 aliphatic heterocycles. The summed E-state index contributed by atoms with van der Waals surface area (Å²) in [5.74, 6) is 0.648. The monoisotopic (exact) mass is 314 g/mol. The minimum absolute atomic E-state index is 0.0687. The second-order valence-corrected chi connectivity index (χ2v) is 4.85. The van der Waals surface area contributed by atoms with Gasteiger partial charge < -0.3 is 9.84 Å². The van der Waals surface area contributed by atoms with Crippen LogP contribution in [0.5, 0.6) is 0 Å². The van der Waals surface area contributed by atoms with Crippen molar-refractivity contribution in [3.63, 3.8) is 0 Å². The summed E-state index contributed by atoms with van der Waals surface area (Å²) in [4.78, 5) is 24.0. The predicted octanol–water partition coefficient (Wildman–Crippen LogP) is 0.754. The number of para-hydroxylation sites is 1. The van der Waals surface area contributed by atoms with Crippen LogP contribution >= 0.6 is 0 Å². The Bertz CT molecular complexity index is 864. The average molecular weight is 314 g/mol. The molecule has 0 atom stereocenters. The summed E-state index contributed by atoms with van der Waals surface area (Å²) in [6.07, 6.45) is 0.0687. The second kappa shape index (κ2) is 6.26. The third-order valence-corrected chi connectivity index (χ3v) is 3.09. The molecule has 118 valence electrons. The molecular weight excluding hydrogens is 300 g/mol. The van der Waals surface area contributed by atoms with Gasteiger partial charge in [-0.05, 0) is 29.5 Å². The molecule has 0 unspecified atom stereocenters. The molecule has 0 spiro atoms. The van der Waals surface area contributed by atoms with E-state index in [-0.39, 0.29) is 18.9 Å². The first-order valence-electron chi connectivity index (χ1n) is 6.95. The molecule has 0 saturated carbocycles. The lowest BCUT2D eigenvalue weighted by Crippen LogP contribution is -2.26. The molecule has 9 heteroatoms. The van der Waals surface area contributed by atoms with Crippen LogP contribution in [0.4, 0.5) is 5.82 Å². The maximum atomic E-state index is 12.2. The van der Waals surface area contributed by atoms with E-state index in [1.54, 1.807) is 37.3 Å². The van der Waals surface area contributed by atoms with Crippen molar-refractivity contribution < 1.29 is 9.32 Å². The standard InChI is InChI=1S/C14H14N6O3/c1-10-9-12(16-23-10)15-13(21)7-8-19-14(22)20(18-17-19)11-5-3-2-4-6-11/h2-6,9H,7-8H2,1H3,(H,15,16,21). The maximum Gasteiger partial charge on any atom is 0.368 e. The number of benzene rings is 1. The number of aryl methyl sites for hydroxylation is 2. The van der Waals surface area contributed by atoms with E-state index in [0.717, 1.165) is 4.68 Å². The normalized spacial score (nSPS) is 10.7. The Morgan fingerprint density at radius 3 is 2.74 bits per heavy atom. The van der Waals surface area contributed by atoms with Gasteiger partial charge in [0.05, 0.1) is 12.2 Å². The fourth-order valence-electron chi connectivity index (χ4n) is 1.98. The van der Waals surface area contributed by atoms with Gasteiger partial charge in [0, 0.05) is 12.5 Å². The summed E-state index contributed by atoms with van der Waals surface area (Å²) >= 11 is 0. The Morgan fingerprint density at radius 1 is 1.26 bits per heavy atom. The maximum absolute atomic E-state index is 12.2. The van der Waals surface area contributed by atoms with E-state index >= 15 is 0 Å². The van der Waals surface area contributed by atoms with Crippen LogP contribution in [0.1, 0.15) is 12.2 Å². The van der Waals surface area contributed by atoms with Gasteiger partial charge in [0.1, 0.15) is 5.76 Å². The number of hydrogen-bond donors (Lipinski definition) is 1. The number of carbonyl (C=O) groups excluding carboxylic acids is 1. The first-order chi connectivity index (χ1) is 11.1. The lowest BCUT2D eigenvalue weighted by atomic mass is 10.3. The molecule has 3 aromatic rings. The molecule has 1 aromatic carbocycles. The van der Waals surface area contributed by atoms with Gasteiger partial charge in [-0.15, -0.1) is 0 Å². The van der Waals surface area contributed by atoms with E-state index in [0.29, 0.717) is 17.3 Å². The molecule has 23 heavy (non-hydrogen) atoms. The topological polar surface area (TPSA) is 108 Å². The van der Waals surface area contributed by atoms with Crippen LogP contribution in [-0.4, -0.2) is 30.9 Å². The van der Waals surface area contributed by atoms with Crippen molar-refractivity contribution in [2.75, 3.05) is 5.32 Å². The Morgan fingerprint density at radius 2 is 2.04 bits per heavy atom. The van der Waals surface area contributed by atoms with Crippen LogP contribution in [0, 0.1) is 6.92 Å². The van der Waals surface area contributed by atoms with Crippen molar-refractivity contribution in [1.29, 1.82) is 0 Å². The molecule has 0 aliphatic carbocycles. The lowest BCUT2D eigenvalue weighted by molar-refractivity contribution is -0.116. The smallest absolute Gasteiger partial charge is 0.360 e. The van der Waals surface area contributed by atoms with Gasteiger partial charge in [-0.3, -0.25) is 4.79 Å². The number of tetrazole rings is 1. The van der Waals surface area contributed by atoms with Gasteiger partial charge in [0.2, 0.25) is 5.91 Å². The van der Waals surface area contributed by atoms with Gasteiger partial charge in [-0.2, -0.15) is 9.36 Å². The van der Waals surface area contributed by atoms with E-state index in [9.17, 15) is 9.59 Å². The fraction of sp³-hybridized carbons (Fsp3) is 0.214. The summed E-state index contributed by atoms with van der Waals surface area (Å²) in [7, 11) is 0. The Hall–Kier alpha value is -3.23. The molecular formula is C14H14N6O3. The predicted molar refractivity (Wildman–Crippen MR) is 80.1 cm³/mol. The van der Waals surface area contributed by atoms with E-state index < -0.39 is 5.69 Å². The first kappa shape index (κ1) is 14.7. The summed E-state index contributed by atoms with van der Waals surface area (Å²) in [5.41, 5.74) is 0.215. The molecule has 0 saturated heterocycles. The summed E-state index contributed by atoms with van der Waals surface area (Å²) < 4.78 is 7.17. The zero-order valence-corrected chi connectivity index (χ0v) is 12.3. The van der Waals surface area contributed by atoms with Crippen molar-refractivity contribution in [3.8, 4) is 5.69 Å². The molecule has 2 aromatic heterocycles. The van der Waals surface area contributed by atoms with Crippen molar-refractivity contribution in [1.82, 2.24) is 24.9 Å². The van der Waals surface area contributed by atoms with Gasteiger partial charge in [0.25, 0.3) is 0 Å². The molecule has 0 radical (unpaired) electrons. The van der Waals surface area contributed by atoms with Crippen molar-refractivity contribution in [2.24, 2.45) is 0 Å². The summed E-state index contributed by atoms with van der Waals surface area (Å²) in [6.45, 7) is 1.85. The first-order valence-corrected chi connectivity index (χ1v) is 6.95. The highest BCUT2D eigenvalue weighted by molar-refractivity contribution is 5.89. The molecule has 0 fully saturated rings. The molecule has 9 nitrogen and oxygen atoms in total. The molecule has 1 N–H and O–H groups in total. The van der Waals surface area contributed by atoms with Crippen molar-refractivity contribution in [2.45, 2.75) is 19.9 Å². The van der Waals surface area contributed by atoms with Gasteiger partial charge in [-0.1, -0.05) is 23.4 Å². The number of amides is 1. The number of hydrogen-bond acceptors (Lipinski definition) is 6. The SMILES string of the molecule is Cc1cc(NC(=O)CCn2nnn(-c3ccccc3)c2=O)no1. The summed E-state index contributed by atoms with van der Waals surface area (Å²) in [5, 5.41) is 13.8. The number of nitrogens with one attached hydrogen (secondary N) is 1. The van der Waals surface area contributed by atoms with Crippen LogP contribution in [0.3, 0.4) is 0 Å². The van der Waals surface area contributed by atoms with Crippen LogP contribution in [0.15, 0.2) is 45.7 Å². The van der Waals surface area contributed by atoms with Gasteiger partial charge >= 0.3 is 5.69 Å². The van der Waals surface area contributed by atoms with Crippen LogP contribution in [0.2, 0.25) is 0 Å². The quantitative estimate of drug-likeness (QED) is 0.744. The summed E-state index contributed by atoms with van der Waals surface area (Å²) in [6, 6.07) is 10.5. The van der Waals surface area contributed by atoms with Gasteiger partial charge in [-0.25, -0.2) is 4.79 Å². The highest BCUT2D eigenvalue weighted by atomic mass is 16.5. The van der Waals surface area contributed by atoms with E-state index in [1.165, 1.54) is 4.68 Å². The third kappa shape index (κ3) is 3.34. The molecule has 0 aliphatic rings. The van der Waals surface area contributed by atoms with Gasteiger partial charge in [0.15, 0.2) is 5.82 Å². The number of anilines is 1. The van der Waals surface area contributed by atoms with E-state index in [2.05, 4.69) is 20.9 Å². The number of carbonyl (C=O) groups is 1. The minimum atomic E-state index is -0.402. The largest absolute Gasteiger partial charge is 0.368 e. The van der Waals surface area contributed by atoms with Crippen LogP contribution in [-0.2, 0) is 11.3 Å². The number of nitrogens with zero attached hydrogens (tertiary/aromatic N) is 5. The Balaban J connectivity index is 1.64. The van der Waals surface area contributed by atoms with E-state index in [1.807, 2.05) is 6.07 Å². The molecule has 0 bridgehead atoms. The van der Waals surface area contributed by atoms with Crippen LogP contribution < -0.4 is 11.0 Å². The fourth-order valence-corrected chi connectivity index (χ4v) is 1.98. The highest BCUT2D eigenvalue weighted by Crippen LogP contribution is 2.07. The van der Waals surface area contributed by atoms with E-state index in [4.69, 9.17) is 4.52 Å². The molecule has 3 rings (SSSR count). The zero-order valence-electron chi connectivity index (χ0n) is 12.3. The van der Waals surface area contributed by atoms with Crippen molar-refractivity contribution >= 4 is 11.7 Å². The minimum Gasteiger partial charge on any atom is -0.360 e. The Kier molecular flexibility index (Phi) is 4.00. The van der Waals surface area contributed by atoms with Crippen molar-refractivity contribution in [3.05, 3.63) is 52.6 Å². The third-order valence-electron chi connectivity index (χ3n) is 3.09.